The zero-order chi connectivity index (χ0) is 25.3. The van der Waals surface area contributed by atoms with Gasteiger partial charge in [0.2, 0.25) is 5.95 Å². The molecule has 0 bridgehead atoms. The van der Waals surface area contributed by atoms with Crippen LogP contribution < -0.4 is 26.0 Å². The molecular weight excluding hydrogens is 448 g/mol. The zero-order valence-corrected chi connectivity index (χ0v) is 21.1. The fourth-order valence-electron chi connectivity index (χ4n) is 4.43. The van der Waals surface area contributed by atoms with Crippen molar-refractivity contribution in [3.63, 3.8) is 0 Å². The number of hydrogen-bond acceptors (Lipinski definition) is 9. The Morgan fingerprint density at radius 3 is 2.69 bits per heavy atom. The first-order valence-electron chi connectivity index (χ1n) is 11.7. The fourth-order valence-corrected chi connectivity index (χ4v) is 4.43. The van der Waals surface area contributed by atoms with Crippen molar-refractivity contribution in [3.05, 3.63) is 18.2 Å². The van der Waals surface area contributed by atoms with E-state index < -0.39 is 11.7 Å². The number of hydrogen-bond donors (Lipinski definition) is 4. The first kappa shape index (κ1) is 24.4. The number of carbonyl (C=O) groups is 1. The number of nitrogens with two attached hydrogens (primary N) is 1. The number of carbonyl (C=O) groups excluding carboxylic acids is 1. The standard InChI is InChI=1S/C24H34N8O3/c1-13-7-15(27-23(33)35-24(2,3)4)12-32(11-13)19-10-16(28-22(26-5)29-19)14-8-17-20(18(9-14)34-6)21(25)31-30-17/h8-10,13,15H,7,11-12H2,1-6H3,(H,27,33)(H3,25,30,31)(H,26,28,29). The molecule has 188 valence electrons. The van der Waals surface area contributed by atoms with Crippen LogP contribution in [0.5, 0.6) is 5.75 Å². The highest BCUT2D eigenvalue weighted by Gasteiger charge is 2.29. The number of nitrogen functional groups attached to an aromatic ring is 1. The van der Waals surface area contributed by atoms with Crippen molar-refractivity contribution >= 4 is 34.6 Å². The van der Waals surface area contributed by atoms with Gasteiger partial charge in [-0.1, -0.05) is 6.92 Å². The predicted molar refractivity (Wildman–Crippen MR) is 137 cm³/mol. The van der Waals surface area contributed by atoms with Gasteiger partial charge >= 0.3 is 6.09 Å². The molecule has 1 aromatic carbocycles. The Morgan fingerprint density at radius 2 is 2.00 bits per heavy atom. The van der Waals surface area contributed by atoms with Crippen LogP contribution in [0.2, 0.25) is 0 Å². The molecule has 1 fully saturated rings. The summed E-state index contributed by atoms with van der Waals surface area (Å²) in [6.07, 6.45) is 0.455. The molecule has 1 saturated heterocycles. The summed E-state index contributed by atoms with van der Waals surface area (Å²) in [4.78, 5) is 23.9. The van der Waals surface area contributed by atoms with Gasteiger partial charge in [0.15, 0.2) is 5.82 Å². The first-order valence-corrected chi connectivity index (χ1v) is 11.7. The number of H-pyrrole nitrogens is 1. The molecule has 0 aliphatic carbocycles. The summed E-state index contributed by atoms with van der Waals surface area (Å²) in [5, 5.41) is 13.9. The Bertz CT molecular complexity index is 1220. The number of nitrogens with zero attached hydrogens (tertiary/aromatic N) is 4. The van der Waals surface area contributed by atoms with E-state index in [4.69, 9.17) is 20.2 Å². The van der Waals surface area contributed by atoms with Gasteiger partial charge in [0.1, 0.15) is 17.2 Å². The van der Waals surface area contributed by atoms with Crippen molar-refractivity contribution in [3.8, 4) is 17.0 Å². The van der Waals surface area contributed by atoms with Crippen LogP contribution in [0.4, 0.5) is 22.4 Å². The topological polar surface area (TPSA) is 143 Å². The number of aromatic amines is 1. The number of aromatic nitrogens is 4. The Kier molecular flexibility index (Phi) is 6.60. The van der Waals surface area contributed by atoms with E-state index in [-0.39, 0.29) is 6.04 Å². The lowest BCUT2D eigenvalue weighted by Gasteiger charge is -2.37. The van der Waals surface area contributed by atoms with Crippen LogP contribution >= 0.6 is 0 Å². The molecule has 3 aromatic rings. The second-order valence-corrected chi connectivity index (χ2v) is 9.98. The lowest BCUT2D eigenvalue weighted by Crippen LogP contribution is -2.51. The molecule has 1 aliphatic rings. The Balaban J connectivity index is 1.65. The lowest BCUT2D eigenvalue weighted by molar-refractivity contribution is 0.0495. The number of anilines is 3. The number of nitrogens with one attached hydrogen (secondary N) is 3. The molecule has 1 aliphatic heterocycles. The van der Waals surface area contributed by atoms with Gasteiger partial charge in [-0.2, -0.15) is 10.1 Å². The second-order valence-electron chi connectivity index (χ2n) is 9.98. The van der Waals surface area contributed by atoms with E-state index in [1.165, 1.54) is 0 Å². The molecule has 35 heavy (non-hydrogen) atoms. The van der Waals surface area contributed by atoms with Crippen molar-refractivity contribution in [2.75, 3.05) is 43.2 Å². The van der Waals surface area contributed by atoms with Gasteiger partial charge in [0.05, 0.1) is 29.7 Å². The Morgan fingerprint density at radius 1 is 1.23 bits per heavy atom. The first-order chi connectivity index (χ1) is 16.6. The minimum absolute atomic E-state index is 0.0607. The van der Waals surface area contributed by atoms with E-state index in [1.54, 1.807) is 14.2 Å². The van der Waals surface area contributed by atoms with Crippen LogP contribution in [-0.2, 0) is 4.74 Å². The number of fused-ring (bicyclic) bond motifs is 1. The summed E-state index contributed by atoms with van der Waals surface area (Å²) in [5.41, 5.74) is 7.78. The summed E-state index contributed by atoms with van der Waals surface area (Å²) in [6, 6.07) is 5.72. The van der Waals surface area contributed by atoms with Crippen molar-refractivity contribution in [1.29, 1.82) is 0 Å². The van der Waals surface area contributed by atoms with Crippen LogP contribution in [-0.4, -0.2) is 65.1 Å². The quantitative estimate of drug-likeness (QED) is 0.430. The van der Waals surface area contributed by atoms with Gasteiger partial charge in [-0.05, 0) is 45.2 Å². The molecule has 3 heterocycles. The fraction of sp³-hybridized carbons (Fsp3) is 0.500. The van der Waals surface area contributed by atoms with Crippen LogP contribution in [0.25, 0.3) is 22.2 Å². The molecule has 2 aromatic heterocycles. The van der Waals surface area contributed by atoms with Crippen molar-refractivity contribution in [2.24, 2.45) is 5.92 Å². The van der Waals surface area contributed by atoms with E-state index in [2.05, 4.69) is 37.6 Å². The van der Waals surface area contributed by atoms with Gasteiger partial charge in [-0.15, -0.1) is 0 Å². The van der Waals surface area contributed by atoms with E-state index in [0.717, 1.165) is 40.9 Å². The average molecular weight is 483 g/mol. The Labute approximate surface area is 204 Å². The molecule has 2 atom stereocenters. The highest BCUT2D eigenvalue weighted by molar-refractivity contribution is 5.97. The predicted octanol–water partition coefficient (Wildman–Crippen LogP) is 3.39. The summed E-state index contributed by atoms with van der Waals surface area (Å²) < 4.78 is 11.0. The number of piperidine rings is 1. The molecule has 0 spiro atoms. The van der Waals surface area contributed by atoms with Gasteiger partial charge < -0.3 is 30.7 Å². The zero-order valence-electron chi connectivity index (χ0n) is 21.1. The minimum atomic E-state index is -0.547. The maximum atomic E-state index is 12.4. The van der Waals surface area contributed by atoms with E-state index in [0.29, 0.717) is 30.0 Å². The largest absolute Gasteiger partial charge is 0.496 e. The van der Waals surface area contributed by atoms with E-state index in [9.17, 15) is 4.79 Å². The van der Waals surface area contributed by atoms with E-state index >= 15 is 0 Å². The maximum absolute atomic E-state index is 12.4. The minimum Gasteiger partial charge on any atom is -0.496 e. The molecule has 11 nitrogen and oxygen atoms in total. The SMILES string of the molecule is CNc1nc(-c2cc(OC)c3c(N)n[nH]c3c2)cc(N2CC(C)CC(NC(=O)OC(C)(C)C)C2)n1. The summed E-state index contributed by atoms with van der Waals surface area (Å²) in [6.45, 7) is 9.16. The van der Waals surface area contributed by atoms with Gasteiger partial charge in [0.25, 0.3) is 0 Å². The monoisotopic (exact) mass is 482 g/mol. The average Bonchev–Trinajstić information content (AvgIpc) is 3.17. The molecule has 1 amide bonds. The van der Waals surface area contributed by atoms with Crippen molar-refractivity contribution in [1.82, 2.24) is 25.5 Å². The number of amides is 1. The summed E-state index contributed by atoms with van der Waals surface area (Å²) >= 11 is 0. The van der Waals surface area contributed by atoms with Gasteiger partial charge in [-0.25, -0.2) is 9.78 Å². The normalized spacial score (nSPS) is 18.4. The van der Waals surface area contributed by atoms with Crippen molar-refractivity contribution < 1.29 is 14.3 Å². The van der Waals surface area contributed by atoms with Crippen LogP contribution in [0.15, 0.2) is 18.2 Å². The Hall–Kier alpha value is -3.76. The third-order valence-corrected chi connectivity index (χ3v) is 5.81. The third kappa shape index (κ3) is 5.50. The molecule has 11 heteroatoms. The number of alkyl carbamates (subject to hydrolysis) is 1. The van der Waals surface area contributed by atoms with Crippen molar-refractivity contribution in [2.45, 2.75) is 45.8 Å². The third-order valence-electron chi connectivity index (χ3n) is 5.81. The smallest absolute Gasteiger partial charge is 0.407 e. The second kappa shape index (κ2) is 9.47. The van der Waals surface area contributed by atoms with Crippen LogP contribution in [0.1, 0.15) is 34.1 Å². The van der Waals surface area contributed by atoms with Crippen LogP contribution in [0.3, 0.4) is 0 Å². The summed E-state index contributed by atoms with van der Waals surface area (Å²) in [5.74, 6) is 2.61. The lowest BCUT2D eigenvalue weighted by atomic mass is 9.96. The van der Waals surface area contributed by atoms with E-state index in [1.807, 2.05) is 39.0 Å². The molecule has 4 rings (SSSR count). The maximum Gasteiger partial charge on any atom is 0.407 e. The van der Waals surface area contributed by atoms with Gasteiger partial charge in [0, 0.05) is 31.8 Å². The van der Waals surface area contributed by atoms with Crippen LogP contribution in [0, 0.1) is 5.92 Å². The summed E-state index contributed by atoms with van der Waals surface area (Å²) in [7, 11) is 3.39. The molecule has 5 N–H and O–H groups in total. The number of ether oxygens (including phenoxy) is 2. The number of rotatable bonds is 5. The molecule has 2 unspecified atom stereocenters. The molecular formula is C24H34N8O3. The molecule has 0 saturated carbocycles. The number of benzene rings is 1. The molecule has 0 radical (unpaired) electrons. The highest BCUT2D eigenvalue weighted by Crippen LogP contribution is 2.35. The van der Waals surface area contributed by atoms with Gasteiger partial charge in [-0.3, -0.25) is 5.10 Å². The number of methoxy groups -OCH3 is 1. The highest BCUT2D eigenvalue weighted by atomic mass is 16.6.